The molecule has 1 aromatic heterocycles. The van der Waals surface area contributed by atoms with Crippen molar-refractivity contribution < 1.29 is 19.1 Å². The number of ether oxygens (including phenoxy) is 2. The molecule has 3 aromatic rings. The van der Waals surface area contributed by atoms with E-state index in [9.17, 15) is 10.0 Å². The Morgan fingerprint density at radius 3 is 2.65 bits per heavy atom. The second-order valence-electron chi connectivity index (χ2n) is 9.65. The average Bonchev–Trinajstić information content (AvgIpc) is 3.14. The summed E-state index contributed by atoms with van der Waals surface area (Å²) in [5, 5.41) is 12.7. The number of pyridine rings is 1. The fourth-order valence-corrected chi connectivity index (χ4v) is 5.28. The number of fused-ring (bicyclic) bond motifs is 2. The van der Waals surface area contributed by atoms with Gasteiger partial charge in [-0.2, -0.15) is 0 Å². The van der Waals surface area contributed by atoms with Crippen LogP contribution in [0.1, 0.15) is 43.2 Å². The molecule has 0 saturated carbocycles. The van der Waals surface area contributed by atoms with Crippen molar-refractivity contribution in [2.75, 3.05) is 13.7 Å². The standard InChI is InChI=1S/C27H29FN2O4/c1-15-16-11-8-12-33-24(16)20(28)13-19(15)22-17-9-6-7-10-18(17)26(31)29(4)23(22)25-21(30(5)32)14-27(2,3)34-25/h6-7,9-10,13-14,25,32H,8,11-12H2,1-5H3/t25-/m1/s1. The molecule has 1 atom stereocenters. The van der Waals surface area contributed by atoms with Gasteiger partial charge in [0.2, 0.25) is 0 Å². The Morgan fingerprint density at radius 1 is 1.24 bits per heavy atom. The molecule has 2 aromatic carbocycles. The van der Waals surface area contributed by atoms with Crippen molar-refractivity contribution >= 4 is 10.8 Å². The van der Waals surface area contributed by atoms with Crippen molar-refractivity contribution in [3.63, 3.8) is 0 Å². The summed E-state index contributed by atoms with van der Waals surface area (Å²) in [6.07, 6.45) is 2.66. The second-order valence-corrected chi connectivity index (χ2v) is 9.65. The van der Waals surface area contributed by atoms with Crippen LogP contribution in [-0.4, -0.2) is 34.1 Å². The number of rotatable bonds is 3. The third kappa shape index (κ3) is 3.42. The van der Waals surface area contributed by atoms with E-state index in [1.165, 1.54) is 13.1 Å². The minimum Gasteiger partial charge on any atom is -0.490 e. The Hall–Kier alpha value is -3.16. The summed E-state index contributed by atoms with van der Waals surface area (Å²) >= 11 is 0. The molecule has 34 heavy (non-hydrogen) atoms. The third-order valence-electron chi connectivity index (χ3n) is 6.86. The minimum absolute atomic E-state index is 0.179. The number of hydrogen-bond acceptors (Lipinski definition) is 5. The van der Waals surface area contributed by atoms with Crippen LogP contribution in [0.5, 0.6) is 5.75 Å². The Kier molecular flexibility index (Phi) is 5.30. The van der Waals surface area contributed by atoms with Crippen molar-refractivity contribution in [1.82, 2.24) is 9.63 Å². The normalized spacial score (nSPS) is 19.0. The molecule has 0 amide bonds. The van der Waals surface area contributed by atoms with Crippen LogP contribution < -0.4 is 10.3 Å². The molecule has 0 spiro atoms. The summed E-state index contributed by atoms with van der Waals surface area (Å²) in [6.45, 7) is 6.27. The van der Waals surface area contributed by atoms with Gasteiger partial charge in [-0.3, -0.25) is 15.1 Å². The van der Waals surface area contributed by atoms with E-state index in [-0.39, 0.29) is 5.56 Å². The van der Waals surface area contributed by atoms with E-state index in [2.05, 4.69) is 0 Å². The number of hydroxylamine groups is 2. The monoisotopic (exact) mass is 464 g/mol. The first-order chi connectivity index (χ1) is 16.1. The molecule has 2 aliphatic rings. The van der Waals surface area contributed by atoms with Gasteiger partial charge in [0.15, 0.2) is 11.6 Å². The average molecular weight is 465 g/mol. The molecule has 0 bridgehead atoms. The molecule has 0 unspecified atom stereocenters. The largest absolute Gasteiger partial charge is 0.490 e. The first-order valence-electron chi connectivity index (χ1n) is 11.5. The maximum Gasteiger partial charge on any atom is 0.258 e. The van der Waals surface area contributed by atoms with Crippen LogP contribution in [0.4, 0.5) is 4.39 Å². The Balaban J connectivity index is 1.90. The van der Waals surface area contributed by atoms with Crippen LogP contribution in [-0.2, 0) is 18.2 Å². The summed E-state index contributed by atoms with van der Waals surface area (Å²) in [6, 6.07) is 8.86. The highest BCUT2D eigenvalue weighted by Crippen LogP contribution is 2.46. The van der Waals surface area contributed by atoms with E-state index in [0.717, 1.165) is 34.6 Å². The van der Waals surface area contributed by atoms with Gasteiger partial charge in [0.25, 0.3) is 5.56 Å². The molecular weight excluding hydrogens is 435 g/mol. The second kappa shape index (κ2) is 7.96. The lowest BCUT2D eigenvalue weighted by Crippen LogP contribution is -2.28. The first kappa shape index (κ1) is 22.6. The van der Waals surface area contributed by atoms with Crippen molar-refractivity contribution in [2.45, 2.75) is 45.3 Å². The molecule has 5 rings (SSSR count). The van der Waals surface area contributed by atoms with Crippen molar-refractivity contribution in [1.29, 1.82) is 0 Å². The lowest BCUT2D eigenvalue weighted by molar-refractivity contribution is -0.0680. The lowest BCUT2D eigenvalue weighted by Gasteiger charge is -2.29. The zero-order valence-corrected chi connectivity index (χ0v) is 20.1. The molecule has 0 radical (unpaired) electrons. The summed E-state index contributed by atoms with van der Waals surface area (Å²) in [5.74, 6) is -0.0982. The van der Waals surface area contributed by atoms with E-state index in [0.29, 0.717) is 40.1 Å². The Labute approximate surface area is 197 Å². The van der Waals surface area contributed by atoms with Gasteiger partial charge in [0.1, 0.15) is 6.10 Å². The van der Waals surface area contributed by atoms with Gasteiger partial charge in [0, 0.05) is 30.6 Å². The van der Waals surface area contributed by atoms with Crippen LogP contribution in [0.25, 0.3) is 21.9 Å². The molecule has 3 heterocycles. The molecule has 6 nitrogen and oxygen atoms in total. The van der Waals surface area contributed by atoms with Gasteiger partial charge in [-0.15, -0.1) is 0 Å². The minimum atomic E-state index is -0.725. The van der Waals surface area contributed by atoms with E-state index in [1.807, 2.05) is 45.0 Å². The highest BCUT2D eigenvalue weighted by molar-refractivity contribution is 5.98. The molecule has 1 N–H and O–H groups in total. The number of hydrogen-bond donors (Lipinski definition) is 1. The highest BCUT2D eigenvalue weighted by atomic mass is 19.1. The van der Waals surface area contributed by atoms with Gasteiger partial charge in [-0.05, 0) is 68.3 Å². The third-order valence-corrected chi connectivity index (χ3v) is 6.86. The van der Waals surface area contributed by atoms with Crippen LogP contribution in [0.3, 0.4) is 0 Å². The van der Waals surface area contributed by atoms with Gasteiger partial charge >= 0.3 is 0 Å². The van der Waals surface area contributed by atoms with Gasteiger partial charge in [0.05, 0.1) is 23.6 Å². The Bertz CT molecular complexity index is 1400. The highest BCUT2D eigenvalue weighted by Gasteiger charge is 2.39. The number of benzene rings is 2. The van der Waals surface area contributed by atoms with Crippen LogP contribution in [0.15, 0.2) is 46.9 Å². The molecule has 0 fully saturated rings. The van der Waals surface area contributed by atoms with Crippen molar-refractivity contribution in [3.05, 3.63) is 75.1 Å². The number of aromatic nitrogens is 1. The van der Waals surface area contributed by atoms with Gasteiger partial charge < -0.3 is 14.0 Å². The van der Waals surface area contributed by atoms with Crippen LogP contribution in [0.2, 0.25) is 0 Å². The smallest absolute Gasteiger partial charge is 0.258 e. The fourth-order valence-electron chi connectivity index (χ4n) is 5.28. The predicted molar refractivity (Wildman–Crippen MR) is 129 cm³/mol. The van der Waals surface area contributed by atoms with E-state index < -0.39 is 17.5 Å². The van der Waals surface area contributed by atoms with Crippen LogP contribution >= 0.6 is 0 Å². The van der Waals surface area contributed by atoms with Crippen molar-refractivity contribution in [3.8, 4) is 16.9 Å². The quantitative estimate of drug-likeness (QED) is 0.551. The first-order valence-corrected chi connectivity index (χ1v) is 11.5. The Morgan fingerprint density at radius 2 is 1.94 bits per heavy atom. The number of nitrogens with zero attached hydrogens (tertiary/aromatic N) is 2. The van der Waals surface area contributed by atoms with E-state index in [4.69, 9.17) is 9.47 Å². The van der Waals surface area contributed by atoms with Crippen LogP contribution in [0, 0.1) is 12.7 Å². The zero-order valence-electron chi connectivity index (χ0n) is 20.1. The lowest BCUT2D eigenvalue weighted by atomic mass is 9.87. The van der Waals surface area contributed by atoms with Crippen molar-refractivity contribution in [2.24, 2.45) is 7.05 Å². The maximum atomic E-state index is 15.3. The SMILES string of the molecule is Cc1c(-c2c([C@@H]3OC(C)(C)C=C3N(C)O)n(C)c(=O)c3ccccc23)cc(F)c2c1CCCO2. The molecule has 0 saturated heterocycles. The fraction of sp³-hybridized carbons (Fsp3) is 0.370. The summed E-state index contributed by atoms with van der Waals surface area (Å²) in [4.78, 5) is 13.4. The van der Waals surface area contributed by atoms with Gasteiger partial charge in [-0.25, -0.2) is 4.39 Å². The van der Waals surface area contributed by atoms with E-state index in [1.54, 1.807) is 17.7 Å². The molecule has 7 heteroatoms. The number of halogens is 1. The summed E-state index contributed by atoms with van der Waals surface area (Å²) in [5.41, 5.74) is 3.43. The predicted octanol–water partition coefficient (Wildman–Crippen LogP) is 5.03. The zero-order chi connectivity index (χ0) is 24.4. The molecule has 0 aliphatic carbocycles. The maximum absolute atomic E-state index is 15.3. The molecule has 178 valence electrons. The summed E-state index contributed by atoms with van der Waals surface area (Å²) in [7, 11) is 3.23. The topological polar surface area (TPSA) is 63.9 Å². The van der Waals surface area contributed by atoms with E-state index >= 15 is 4.39 Å². The van der Waals surface area contributed by atoms with Gasteiger partial charge in [-0.1, -0.05) is 18.2 Å². The molecule has 2 aliphatic heterocycles. The summed E-state index contributed by atoms with van der Waals surface area (Å²) < 4.78 is 28.9. The molecular formula is C27H29FN2O4. The number of likely N-dealkylation sites (N-methyl/N-ethyl adjacent to an activating group) is 1.